The number of hydrogen-bond donors (Lipinski definition) is 1. The van der Waals surface area contributed by atoms with Gasteiger partial charge in [0.15, 0.2) is 0 Å². The summed E-state index contributed by atoms with van der Waals surface area (Å²) in [6.45, 7) is 0. The van der Waals surface area contributed by atoms with E-state index in [4.69, 9.17) is 0 Å². The van der Waals surface area contributed by atoms with Crippen molar-refractivity contribution in [3.63, 3.8) is 0 Å². The predicted molar refractivity (Wildman–Crippen MR) is 73.8 cm³/mol. The first-order valence-corrected chi connectivity index (χ1v) is 7.30. The van der Waals surface area contributed by atoms with Crippen LogP contribution in [-0.4, -0.2) is 23.1 Å². The van der Waals surface area contributed by atoms with Gasteiger partial charge in [0.25, 0.3) is 0 Å². The largest absolute Gasteiger partial charge is 0.508 e. The van der Waals surface area contributed by atoms with Gasteiger partial charge in [-0.1, -0.05) is 25.0 Å². The maximum atomic E-state index is 10.0. The third kappa shape index (κ3) is 2.03. The van der Waals surface area contributed by atoms with Crippen LogP contribution in [0.3, 0.4) is 0 Å². The molecule has 1 N–H and O–H groups in total. The highest BCUT2D eigenvalue weighted by Crippen LogP contribution is 2.40. The molecular formula is C16H23NO. The SMILES string of the molecule is CN(C1CCCC1)C1CCCc2c(O)cccc21. The molecule has 1 saturated carbocycles. The van der Waals surface area contributed by atoms with Crippen LogP contribution >= 0.6 is 0 Å². The molecule has 0 saturated heterocycles. The second kappa shape index (κ2) is 4.93. The maximum absolute atomic E-state index is 10.0. The second-order valence-electron chi connectivity index (χ2n) is 5.86. The Balaban J connectivity index is 1.88. The number of rotatable bonds is 2. The molecule has 3 rings (SSSR count). The standard InChI is InChI=1S/C16H23NO/c1-17(12-6-2-3-7-12)15-10-4-9-14-13(15)8-5-11-16(14)18/h5,8,11-12,15,18H,2-4,6-7,9-10H2,1H3. The molecule has 0 radical (unpaired) electrons. The van der Waals surface area contributed by atoms with Crippen LogP contribution in [0.15, 0.2) is 18.2 Å². The average molecular weight is 245 g/mol. The molecule has 1 atom stereocenters. The van der Waals surface area contributed by atoms with Gasteiger partial charge < -0.3 is 5.11 Å². The van der Waals surface area contributed by atoms with Crippen LogP contribution in [0.2, 0.25) is 0 Å². The Labute approximate surface area is 110 Å². The molecule has 2 aliphatic rings. The van der Waals surface area contributed by atoms with Crippen LogP contribution in [-0.2, 0) is 6.42 Å². The summed E-state index contributed by atoms with van der Waals surface area (Å²) < 4.78 is 0. The molecular weight excluding hydrogens is 222 g/mol. The summed E-state index contributed by atoms with van der Waals surface area (Å²) in [5, 5.41) is 10.0. The fraction of sp³-hybridized carbons (Fsp3) is 0.625. The van der Waals surface area contributed by atoms with Gasteiger partial charge in [-0.3, -0.25) is 4.90 Å². The number of phenolic OH excluding ortho intramolecular Hbond substituents is 1. The summed E-state index contributed by atoms with van der Waals surface area (Å²) in [5.74, 6) is 0.497. The topological polar surface area (TPSA) is 23.5 Å². The zero-order valence-corrected chi connectivity index (χ0v) is 11.2. The molecule has 98 valence electrons. The highest BCUT2D eigenvalue weighted by molar-refractivity contribution is 5.42. The van der Waals surface area contributed by atoms with E-state index in [1.807, 2.05) is 12.1 Å². The summed E-state index contributed by atoms with van der Waals surface area (Å²) in [4.78, 5) is 2.57. The minimum absolute atomic E-state index is 0.497. The van der Waals surface area contributed by atoms with Crippen molar-refractivity contribution in [2.45, 2.75) is 57.0 Å². The first-order chi connectivity index (χ1) is 8.77. The zero-order valence-electron chi connectivity index (χ0n) is 11.2. The number of fused-ring (bicyclic) bond motifs is 1. The fourth-order valence-electron chi connectivity index (χ4n) is 3.79. The van der Waals surface area contributed by atoms with E-state index in [9.17, 15) is 5.11 Å². The van der Waals surface area contributed by atoms with Crippen molar-refractivity contribution in [1.29, 1.82) is 0 Å². The van der Waals surface area contributed by atoms with Crippen molar-refractivity contribution in [2.24, 2.45) is 0 Å². The summed E-state index contributed by atoms with van der Waals surface area (Å²) in [5.41, 5.74) is 2.56. The van der Waals surface area contributed by atoms with Crippen LogP contribution in [0, 0.1) is 0 Å². The molecule has 1 unspecified atom stereocenters. The lowest BCUT2D eigenvalue weighted by Gasteiger charge is -2.37. The molecule has 2 nitrogen and oxygen atoms in total. The third-order valence-electron chi connectivity index (χ3n) is 4.84. The summed E-state index contributed by atoms with van der Waals surface area (Å²) in [6.07, 6.45) is 8.94. The van der Waals surface area contributed by atoms with Gasteiger partial charge in [-0.2, -0.15) is 0 Å². The number of aromatic hydroxyl groups is 1. The molecule has 0 spiro atoms. The molecule has 0 aliphatic heterocycles. The van der Waals surface area contributed by atoms with E-state index in [1.165, 1.54) is 49.7 Å². The van der Waals surface area contributed by atoms with Crippen LogP contribution in [0.1, 0.15) is 55.7 Å². The fourth-order valence-corrected chi connectivity index (χ4v) is 3.79. The van der Waals surface area contributed by atoms with E-state index < -0.39 is 0 Å². The molecule has 0 amide bonds. The maximum Gasteiger partial charge on any atom is 0.119 e. The predicted octanol–water partition coefficient (Wildman–Crippen LogP) is 3.64. The average Bonchev–Trinajstić information content (AvgIpc) is 2.92. The molecule has 2 aliphatic carbocycles. The van der Waals surface area contributed by atoms with Crippen molar-refractivity contribution in [3.8, 4) is 5.75 Å². The van der Waals surface area contributed by atoms with Gasteiger partial charge in [0.05, 0.1) is 0 Å². The van der Waals surface area contributed by atoms with Gasteiger partial charge in [-0.25, -0.2) is 0 Å². The second-order valence-corrected chi connectivity index (χ2v) is 5.86. The molecule has 1 aromatic carbocycles. The Morgan fingerprint density at radius 1 is 1.11 bits per heavy atom. The van der Waals surface area contributed by atoms with Crippen LogP contribution in [0.25, 0.3) is 0 Å². The van der Waals surface area contributed by atoms with E-state index >= 15 is 0 Å². The number of hydrogen-bond acceptors (Lipinski definition) is 2. The van der Waals surface area contributed by atoms with Crippen molar-refractivity contribution >= 4 is 0 Å². The Kier molecular flexibility index (Phi) is 3.29. The summed E-state index contributed by atoms with van der Waals surface area (Å²) >= 11 is 0. The lowest BCUT2D eigenvalue weighted by Crippen LogP contribution is -2.35. The molecule has 1 fully saturated rings. The van der Waals surface area contributed by atoms with Crippen molar-refractivity contribution in [1.82, 2.24) is 4.90 Å². The minimum atomic E-state index is 0.497. The first-order valence-electron chi connectivity index (χ1n) is 7.30. The lowest BCUT2D eigenvalue weighted by atomic mass is 9.85. The smallest absolute Gasteiger partial charge is 0.119 e. The molecule has 0 aromatic heterocycles. The van der Waals surface area contributed by atoms with E-state index in [0.29, 0.717) is 11.8 Å². The highest BCUT2D eigenvalue weighted by Gasteiger charge is 2.30. The molecule has 2 heteroatoms. The number of nitrogens with zero attached hydrogens (tertiary/aromatic N) is 1. The molecule has 18 heavy (non-hydrogen) atoms. The Bertz CT molecular complexity index is 423. The van der Waals surface area contributed by atoms with E-state index in [-0.39, 0.29) is 0 Å². The monoisotopic (exact) mass is 245 g/mol. The van der Waals surface area contributed by atoms with Gasteiger partial charge in [0.1, 0.15) is 5.75 Å². The van der Waals surface area contributed by atoms with Crippen molar-refractivity contribution < 1.29 is 5.11 Å². The quantitative estimate of drug-likeness (QED) is 0.859. The van der Waals surface area contributed by atoms with Crippen molar-refractivity contribution in [3.05, 3.63) is 29.3 Å². The number of benzene rings is 1. The third-order valence-corrected chi connectivity index (χ3v) is 4.84. The molecule has 0 heterocycles. The summed E-state index contributed by atoms with van der Waals surface area (Å²) in [7, 11) is 2.28. The van der Waals surface area contributed by atoms with Gasteiger partial charge in [-0.05, 0) is 56.3 Å². The van der Waals surface area contributed by atoms with E-state index in [1.54, 1.807) is 0 Å². The van der Waals surface area contributed by atoms with Gasteiger partial charge >= 0.3 is 0 Å². The molecule has 1 aromatic rings. The van der Waals surface area contributed by atoms with Crippen LogP contribution in [0.5, 0.6) is 5.75 Å². The normalized spacial score (nSPS) is 24.4. The molecule has 0 bridgehead atoms. The Morgan fingerprint density at radius 2 is 1.89 bits per heavy atom. The Hall–Kier alpha value is -1.02. The van der Waals surface area contributed by atoms with Gasteiger partial charge in [0.2, 0.25) is 0 Å². The van der Waals surface area contributed by atoms with Gasteiger partial charge in [0, 0.05) is 12.1 Å². The zero-order chi connectivity index (χ0) is 12.5. The number of phenols is 1. The van der Waals surface area contributed by atoms with E-state index in [2.05, 4.69) is 18.0 Å². The highest BCUT2D eigenvalue weighted by atomic mass is 16.3. The van der Waals surface area contributed by atoms with E-state index in [0.717, 1.165) is 12.5 Å². The van der Waals surface area contributed by atoms with Gasteiger partial charge in [-0.15, -0.1) is 0 Å². The van der Waals surface area contributed by atoms with Crippen molar-refractivity contribution in [2.75, 3.05) is 7.05 Å². The first kappa shape index (κ1) is 12.0. The van der Waals surface area contributed by atoms with Crippen LogP contribution < -0.4 is 0 Å². The lowest BCUT2D eigenvalue weighted by molar-refractivity contribution is 0.158. The summed E-state index contributed by atoms with van der Waals surface area (Å²) in [6, 6.07) is 7.31. The van der Waals surface area contributed by atoms with Crippen LogP contribution in [0.4, 0.5) is 0 Å². The minimum Gasteiger partial charge on any atom is -0.508 e. The Morgan fingerprint density at radius 3 is 2.67 bits per heavy atom.